The molecule has 0 aromatic heterocycles. The molecule has 0 bridgehead atoms. The van der Waals surface area contributed by atoms with Gasteiger partial charge < -0.3 is 30.8 Å². The molecule has 1 aliphatic carbocycles. The lowest BCUT2D eigenvalue weighted by Gasteiger charge is -2.25. The van der Waals surface area contributed by atoms with Gasteiger partial charge in [-0.15, -0.1) is 0 Å². The van der Waals surface area contributed by atoms with Crippen LogP contribution >= 0.6 is 0 Å². The summed E-state index contributed by atoms with van der Waals surface area (Å²) < 4.78 is 0. The van der Waals surface area contributed by atoms with Crippen molar-refractivity contribution in [1.29, 1.82) is 0 Å². The lowest BCUT2D eigenvalue weighted by molar-refractivity contribution is -0.123. The van der Waals surface area contributed by atoms with Crippen molar-refractivity contribution in [1.82, 2.24) is 5.32 Å². The van der Waals surface area contributed by atoms with Gasteiger partial charge in [-0.1, -0.05) is 6.58 Å². The number of nitrogens with one attached hydrogen (secondary N) is 1. The predicted octanol–water partition coefficient (Wildman–Crippen LogP) is -1.40. The van der Waals surface area contributed by atoms with Crippen LogP contribution in [0.4, 0.5) is 0 Å². The highest BCUT2D eigenvalue weighted by Gasteiger charge is 2.44. The van der Waals surface area contributed by atoms with Gasteiger partial charge in [0.25, 0.3) is 0 Å². The Morgan fingerprint density at radius 1 is 1.27 bits per heavy atom. The van der Waals surface area contributed by atoms with Crippen molar-refractivity contribution >= 4 is 11.6 Å². The van der Waals surface area contributed by atoms with Crippen molar-refractivity contribution in [3.63, 3.8) is 0 Å². The number of allylic oxidation sites excluding steroid dienone is 2. The Morgan fingerprint density at radius 3 is 2.50 bits per heavy atom. The minimum atomic E-state index is -1.74. The number of amides is 1. The lowest BCUT2D eigenvalue weighted by atomic mass is 9.78. The molecule has 0 saturated carbocycles. The van der Waals surface area contributed by atoms with Crippen LogP contribution in [0.2, 0.25) is 0 Å². The molecule has 0 aromatic carbocycles. The van der Waals surface area contributed by atoms with E-state index >= 15 is 0 Å². The predicted molar refractivity (Wildman–Crippen MR) is 94.9 cm³/mol. The fraction of sp³-hybridized carbons (Fsp3) is 0.500. The first kappa shape index (κ1) is 20.3. The molecule has 8 nitrogen and oxygen atoms in total. The Bertz CT molecular complexity index is 679. The molecule has 2 rings (SSSR count). The van der Waals surface area contributed by atoms with E-state index in [4.69, 9.17) is 5.11 Å². The smallest absolute Gasteiger partial charge is 0.308 e. The van der Waals surface area contributed by atoms with Crippen molar-refractivity contribution in [2.75, 3.05) is 13.2 Å². The summed E-state index contributed by atoms with van der Waals surface area (Å²) in [6.07, 6.45) is -1.55. The van der Waals surface area contributed by atoms with E-state index in [1.807, 2.05) is 13.8 Å². The Balaban J connectivity index is 1.97. The molecule has 1 amide bonds. The van der Waals surface area contributed by atoms with Crippen LogP contribution in [0.15, 0.2) is 40.6 Å². The average Bonchev–Trinajstić information content (AvgIpc) is 2.85. The quantitative estimate of drug-likeness (QED) is 0.307. The topological polar surface area (TPSA) is 143 Å². The van der Waals surface area contributed by atoms with Crippen LogP contribution in [-0.4, -0.2) is 74.7 Å². The van der Waals surface area contributed by atoms with E-state index in [9.17, 15) is 25.2 Å². The minimum Gasteiger partial charge on any atom is -0.394 e. The molecule has 8 heteroatoms. The maximum absolute atomic E-state index is 12.3. The van der Waals surface area contributed by atoms with Gasteiger partial charge in [-0.2, -0.15) is 0 Å². The van der Waals surface area contributed by atoms with Gasteiger partial charge in [-0.3, -0.25) is 4.79 Å². The van der Waals surface area contributed by atoms with E-state index in [1.165, 1.54) is 0 Å². The molecule has 0 spiro atoms. The number of nitrogens with zero attached hydrogens (tertiary/aromatic N) is 1. The number of fused-ring (bicyclic) bond motifs is 1. The lowest BCUT2D eigenvalue weighted by Crippen LogP contribution is -2.49. The maximum Gasteiger partial charge on any atom is 0.308 e. The Morgan fingerprint density at radius 2 is 1.88 bits per heavy atom. The van der Waals surface area contributed by atoms with E-state index in [-0.39, 0.29) is 12.0 Å². The van der Waals surface area contributed by atoms with Crippen molar-refractivity contribution in [3.8, 4) is 0 Å². The second-order valence-corrected chi connectivity index (χ2v) is 6.92. The van der Waals surface area contributed by atoms with Crippen LogP contribution in [0.3, 0.4) is 0 Å². The number of rotatable bonds is 7. The third-order valence-electron chi connectivity index (χ3n) is 4.71. The van der Waals surface area contributed by atoms with E-state index < -0.39 is 36.9 Å². The van der Waals surface area contributed by atoms with Crippen LogP contribution in [-0.2, 0) is 4.79 Å². The Kier molecular flexibility index (Phi) is 6.05. The van der Waals surface area contributed by atoms with Crippen molar-refractivity contribution < 1.29 is 30.3 Å². The molecule has 4 atom stereocenters. The van der Waals surface area contributed by atoms with Crippen molar-refractivity contribution in [2.24, 2.45) is 10.4 Å². The van der Waals surface area contributed by atoms with Crippen LogP contribution < -0.4 is 5.32 Å². The summed E-state index contributed by atoms with van der Waals surface area (Å²) in [7, 11) is 0. The summed E-state index contributed by atoms with van der Waals surface area (Å²) in [6, 6.07) is 0. The number of aliphatic hydroxyl groups is 5. The van der Waals surface area contributed by atoms with Gasteiger partial charge in [-0.05, 0) is 13.8 Å². The molecule has 0 aromatic rings. The first-order valence-corrected chi connectivity index (χ1v) is 8.26. The molecule has 0 radical (unpaired) electrons. The molecular formula is C18H25N2O6+. The minimum absolute atomic E-state index is 0.341. The molecule has 4 unspecified atom stereocenters. The van der Waals surface area contributed by atoms with Gasteiger partial charge in [-0.25, -0.2) is 4.99 Å². The number of carbonyl (C=O) groups excluding carboxylic acids is 1. The second kappa shape index (κ2) is 7.73. The summed E-state index contributed by atoms with van der Waals surface area (Å²) in [6.45, 7) is 6.73. The molecule has 6 N–H and O–H groups in total. The molecule has 142 valence electrons. The summed E-state index contributed by atoms with van der Waals surface area (Å²) in [5.41, 5.74) is 2.32. The summed E-state index contributed by atoms with van der Waals surface area (Å²) >= 11 is 0. The van der Waals surface area contributed by atoms with Crippen LogP contribution in [0.5, 0.6) is 0 Å². The number of aliphatic hydroxyl groups excluding tert-OH is 5. The zero-order chi connectivity index (χ0) is 19.6. The Labute approximate surface area is 151 Å². The highest BCUT2D eigenvalue weighted by Crippen LogP contribution is 2.43. The maximum atomic E-state index is 12.3. The highest BCUT2D eigenvalue weighted by molar-refractivity contribution is 6.15. The average molecular weight is 365 g/mol. The van der Waals surface area contributed by atoms with Gasteiger partial charge in [0.15, 0.2) is 5.71 Å². The fourth-order valence-electron chi connectivity index (χ4n) is 2.70. The first-order chi connectivity index (χ1) is 12.1. The molecule has 2 aliphatic rings. The van der Waals surface area contributed by atoms with Gasteiger partial charge in [0.05, 0.1) is 48.0 Å². The first-order valence-electron chi connectivity index (χ1n) is 8.26. The highest BCUT2D eigenvalue weighted by atomic mass is 16.4. The van der Waals surface area contributed by atoms with E-state index in [2.05, 4.69) is 16.9 Å². The van der Waals surface area contributed by atoms with E-state index in [0.29, 0.717) is 11.3 Å². The molecule has 0 fully saturated rings. The summed E-state index contributed by atoms with van der Waals surface area (Å²) in [4.78, 5) is 16.7. The van der Waals surface area contributed by atoms with Crippen molar-refractivity contribution in [3.05, 3.63) is 42.0 Å². The van der Waals surface area contributed by atoms with E-state index in [0.717, 1.165) is 11.3 Å². The number of hydrogen-bond acceptors (Lipinski definition) is 7. The zero-order valence-electron chi connectivity index (χ0n) is 14.8. The largest absolute Gasteiger partial charge is 0.394 e. The molecule has 1 heterocycles. The zero-order valence-corrected chi connectivity index (χ0v) is 14.8. The fourth-order valence-corrected chi connectivity index (χ4v) is 2.70. The summed E-state index contributed by atoms with van der Waals surface area (Å²) in [5, 5.41) is 49.7. The third kappa shape index (κ3) is 3.89. The normalized spacial score (nSPS) is 22.9. The standard InChI is InChI=1S/C18H24N2O6/c1-9-18(2,3)11-6-10(4-5-12(11)20-9)17(26)19-7-13(22)15(24)16(25)14(23)8-21/h4-6,13-16,21-25H,1,7-8H2,2-3H3/p+1. The number of hydrogen-bond donors (Lipinski definition) is 6. The number of carbonyl (C=O) groups is 1. The van der Waals surface area contributed by atoms with Gasteiger partial charge in [0.1, 0.15) is 23.9 Å². The molecule has 1 aliphatic heterocycles. The third-order valence-corrected chi connectivity index (χ3v) is 4.71. The van der Waals surface area contributed by atoms with Crippen LogP contribution in [0.1, 0.15) is 13.8 Å². The van der Waals surface area contributed by atoms with Crippen LogP contribution in [0, 0.1) is 11.8 Å². The molecular weight excluding hydrogens is 340 g/mol. The SMILES string of the molecule is C=C1N=C2[CH+]C=C(C(=O)NCC(O)C(O)C(O)C(O)CO)C=C2C1(C)C. The monoisotopic (exact) mass is 365 g/mol. The summed E-state index contributed by atoms with van der Waals surface area (Å²) in [5.74, 6) is -0.468. The van der Waals surface area contributed by atoms with E-state index in [1.54, 1.807) is 18.6 Å². The van der Waals surface area contributed by atoms with Crippen LogP contribution in [0.25, 0.3) is 0 Å². The van der Waals surface area contributed by atoms with Gasteiger partial charge >= 0.3 is 5.91 Å². The Hall–Kier alpha value is -1.97. The number of aliphatic imine (C=N–C) groups is 1. The van der Waals surface area contributed by atoms with Gasteiger partial charge in [0.2, 0.25) is 0 Å². The van der Waals surface area contributed by atoms with Crippen molar-refractivity contribution in [2.45, 2.75) is 38.3 Å². The second-order valence-electron chi connectivity index (χ2n) is 6.92. The molecule has 26 heavy (non-hydrogen) atoms. The van der Waals surface area contributed by atoms with Gasteiger partial charge in [0, 0.05) is 6.54 Å². The molecule has 0 saturated heterocycles.